The highest BCUT2D eigenvalue weighted by Crippen LogP contribution is 2.44. The molecule has 1 saturated heterocycles. The van der Waals surface area contributed by atoms with E-state index in [4.69, 9.17) is 20.3 Å². The third-order valence-corrected chi connectivity index (χ3v) is 8.35. The van der Waals surface area contributed by atoms with Gasteiger partial charge in [0.1, 0.15) is 17.3 Å². The Kier molecular flexibility index (Phi) is 11.5. The predicted molar refractivity (Wildman–Crippen MR) is 177 cm³/mol. The lowest BCUT2D eigenvalue weighted by Crippen LogP contribution is -2.33. The first-order valence-corrected chi connectivity index (χ1v) is 15.3. The fourth-order valence-electron chi connectivity index (χ4n) is 6.25. The van der Waals surface area contributed by atoms with Crippen molar-refractivity contribution in [1.82, 2.24) is 4.90 Å². The van der Waals surface area contributed by atoms with E-state index in [0.717, 1.165) is 45.0 Å². The molecule has 0 amide bonds. The summed E-state index contributed by atoms with van der Waals surface area (Å²) in [5.74, 6) is -0.0197. The van der Waals surface area contributed by atoms with Crippen molar-refractivity contribution >= 4 is 22.4 Å². The lowest BCUT2D eigenvalue weighted by molar-refractivity contribution is -0.145. The summed E-state index contributed by atoms with van der Waals surface area (Å²) in [6.45, 7) is 6.29. The van der Waals surface area contributed by atoms with Crippen molar-refractivity contribution in [2.75, 3.05) is 20.8 Å². The van der Waals surface area contributed by atoms with Crippen molar-refractivity contribution in [3.8, 4) is 22.6 Å². The van der Waals surface area contributed by atoms with E-state index in [1.54, 1.807) is 33.3 Å². The van der Waals surface area contributed by atoms with E-state index in [0.29, 0.717) is 43.0 Å². The van der Waals surface area contributed by atoms with Crippen molar-refractivity contribution in [2.45, 2.75) is 57.8 Å². The van der Waals surface area contributed by atoms with Crippen molar-refractivity contribution in [3.05, 3.63) is 101 Å². The number of nitrogens with two attached hydrogens (primary N) is 1. The van der Waals surface area contributed by atoms with E-state index in [1.807, 2.05) is 53.4 Å². The van der Waals surface area contributed by atoms with Gasteiger partial charge in [0.25, 0.3) is 0 Å². The Morgan fingerprint density at radius 2 is 1.66 bits per heavy atom. The van der Waals surface area contributed by atoms with Crippen LogP contribution in [-0.2, 0) is 17.8 Å². The molecule has 6 nitrogen and oxygen atoms in total. The smallest absolute Gasteiger partial charge is 0.390 e. The van der Waals surface area contributed by atoms with Crippen LogP contribution in [-0.4, -0.2) is 49.0 Å². The molecule has 0 bridgehead atoms. The molecule has 250 valence electrons. The summed E-state index contributed by atoms with van der Waals surface area (Å²) in [5, 5.41) is 11.0. The fraction of sp³-hybridized carbons (Fsp3) is 0.324. The molecular weight excluding hydrogens is 612 g/mol. The van der Waals surface area contributed by atoms with E-state index in [9.17, 15) is 22.4 Å². The van der Waals surface area contributed by atoms with Crippen molar-refractivity contribution in [2.24, 2.45) is 5.73 Å². The molecule has 4 aromatic rings. The normalized spacial score (nSPS) is 14.8. The number of aryl methyl sites for hydroxylation is 2. The molecule has 0 radical (unpaired) electrons. The number of rotatable bonds is 10. The van der Waals surface area contributed by atoms with Gasteiger partial charge < -0.3 is 20.3 Å². The van der Waals surface area contributed by atoms with Crippen LogP contribution in [0, 0.1) is 12.7 Å². The average molecular weight is 653 g/mol. The number of likely N-dealkylation sites (tertiary alicyclic amines) is 1. The number of hydrogen-bond acceptors (Lipinski definition) is 5. The average Bonchev–Trinajstić information content (AvgIpc) is 3.43. The Morgan fingerprint density at radius 3 is 2.23 bits per heavy atom. The summed E-state index contributed by atoms with van der Waals surface area (Å²) in [4.78, 5) is 13.0. The van der Waals surface area contributed by atoms with Crippen LogP contribution in [0.5, 0.6) is 11.5 Å². The largest absolute Gasteiger partial charge is 0.496 e. The van der Waals surface area contributed by atoms with Gasteiger partial charge in [0.15, 0.2) is 0 Å². The first-order valence-electron chi connectivity index (χ1n) is 15.3. The van der Waals surface area contributed by atoms with Gasteiger partial charge in [-0.1, -0.05) is 55.1 Å². The third kappa shape index (κ3) is 8.83. The number of methoxy groups -OCH3 is 2. The summed E-state index contributed by atoms with van der Waals surface area (Å²) in [5.41, 5.74) is 10.3. The number of alkyl halides is 3. The van der Waals surface area contributed by atoms with E-state index in [2.05, 4.69) is 6.58 Å². The highest BCUT2D eigenvalue weighted by atomic mass is 19.4. The molecule has 3 N–H and O–H groups in total. The standard InChI is InChI=1S/C28H30F3NO4.C9H10FN/c1-35-24-14-18(17-32-13-5-7-20(32)16-28(29,30)31)15-25(36-2)27(24)23-10-4-8-21-19(11-12-26(33)34)6-3-9-22(21)23;1-6-4-3-5-8(10)9(6)7(2)11/h3-4,6,8-10,14-15,20H,5,7,11-13,16-17H2,1-2H3,(H,33,34);3-5H,2,11H2,1H3. The molecule has 1 fully saturated rings. The number of halogens is 4. The Balaban J connectivity index is 0.000000385. The van der Waals surface area contributed by atoms with Gasteiger partial charge in [0.05, 0.1) is 26.2 Å². The number of carbonyl (C=O) groups is 1. The molecule has 1 heterocycles. The van der Waals surface area contributed by atoms with Gasteiger partial charge in [-0.3, -0.25) is 9.69 Å². The van der Waals surface area contributed by atoms with Crippen LogP contribution in [0.2, 0.25) is 0 Å². The molecule has 5 rings (SSSR count). The van der Waals surface area contributed by atoms with E-state index >= 15 is 0 Å². The summed E-state index contributed by atoms with van der Waals surface area (Å²) in [7, 11) is 3.13. The second-order valence-corrected chi connectivity index (χ2v) is 11.6. The number of carboxylic acid groups (broad SMARTS) is 1. The molecule has 0 aliphatic carbocycles. The third-order valence-electron chi connectivity index (χ3n) is 8.35. The molecule has 0 saturated carbocycles. The maximum Gasteiger partial charge on any atom is 0.390 e. The lowest BCUT2D eigenvalue weighted by atomic mass is 9.92. The quantitative estimate of drug-likeness (QED) is 0.167. The van der Waals surface area contributed by atoms with E-state index in [1.165, 1.54) is 6.07 Å². The van der Waals surface area contributed by atoms with E-state index < -0.39 is 24.6 Å². The van der Waals surface area contributed by atoms with Gasteiger partial charge in [0, 0.05) is 30.3 Å². The number of aliphatic carboxylic acids is 1. The van der Waals surface area contributed by atoms with Crippen LogP contribution in [0.25, 0.3) is 27.6 Å². The number of carboxylic acids is 1. The first-order chi connectivity index (χ1) is 22.3. The van der Waals surface area contributed by atoms with Crippen LogP contribution in [0.3, 0.4) is 0 Å². The molecular formula is C37H40F4N2O4. The Hall–Kier alpha value is -4.57. The SMILES string of the molecule is C=C(N)c1c(C)cccc1F.COc1cc(CN2CCCC2CC(F)(F)F)cc(OC)c1-c1cccc2c(CCC(=O)O)cccc12. The second-order valence-electron chi connectivity index (χ2n) is 11.6. The molecule has 4 aromatic carbocycles. The second kappa shape index (κ2) is 15.3. The highest BCUT2D eigenvalue weighted by molar-refractivity contribution is 6.01. The van der Waals surface area contributed by atoms with Gasteiger partial charge in [-0.2, -0.15) is 13.2 Å². The number of benzene rings is 4. The molecule has 47 heavy (non-hydrogen) atoms. The number of hydrogen-bond donors (Lipinski definition) is 2. The predicted octanol–water partition coefficient (Wildman–Crippen LogP) is 8.52. The minimum Gasteiger partial charge on any atom is -0.496 e. The summed E-state index contributed by atoms with van der Waals surface area (Å²) < 4.78 is 63.6. The fourth-order valence-corrected chi connectivity index (χ4v) is 6.25. The topological polar surface area (TPSA) is 85.0 Å². The Bertz CT molecular complexity index is 1690. The van der Waals surface area contributed by atoms with Crippen molar-refractivity contribution in [3.63, 3.8) is 0 Å². The van der Waals surface area contributed by atoms with Crippen molar-refractivity contribution in [1.29, 1.82) is 0 Å². The van der Waals surface area contributed by atoms with Crippen molar-refractivity contribution < 1.29 is 36.9 Å². The zero-order chi connectivity index (χ0) is 34.3. The summed E-state index contributed by atoms with van der Waals surface area (Å²) >= 11 is 0. The molecule has 1 unspecified atom stereocenters. The van der Waals surface area contributed by atoms with Gasteiger partial charge in [-0.05, 0) is 84.0 Å². The highest BCUT2D eigenvalue weighted by Gasteiger charge is 2.37. The number of nitrogens with zero attached hydrogens (tertiary/aromatic N) is 1. The zero-order valence-corrected chi connectivity index (χ0v) is 26.8. The first kappa shape index (κ1) is 35.3. The maximum atomic E-state index is 13.0. The van der Waals surface area contributed by atoms with Crippen LogP contribution in [0.1, 0.15) is 47.9 Å². The Labute approximate surface area is 272 Å². The van der Waals surface area contributed by atoms with Crippen LogP contribution in [0.15, 0.2) is 73.3 Å². The molecule has 1 aliphatic heterocycles. The van der Waals surface area contributed by atoms with Crippen LogP contribution < -0.4 is 15.2 Å². The van der Waals surface area contributed by atoms with Crippen LogP contribution >= 0.6 is 0 Å². The molecule has 0 aromatic heterocycles. The van der Waals surface area contributed by atoms with Crippen LogP contribution in [0.4, 0.5) is 17.6 Å². The minimum atomic E-state index is -4.19. The van der Waals surface area contributed by atoms with Gasteiger partial charge >= 0.3 is 12.1 Å². The number of fused-ring (bicyclic) bond motifs is 1. The summed E-state index contributed by atoms with van der Waals surface area (Å²) in [6, 6.07) is 19.7. The van der Waals surface area contributed by atoms with Gasteiger partial charge in [0.2, 0.25) is 0 Å². The van der Waals surface area contributed by atoms with Gasteiger partial charge in [-0.25, -0.2) is 4.39 Å². The summed E-state index contributed by atoms with van der Waals surface area (Å²) in [6.07, 6.45) is -3.27. The molecule has 10 heteroatoms. The lowest BCUT2D eigenvalue weighted by Gasteiger charge is -2.26. The Morgan fingerprint density at radius 1 is 1.02 bits per heavy atom. The number of ether oxygens (including phenoxy) is 2. The minimum absolute atomic E-state index is 0.0382. The maximum absolute atomic E-state index is 13.0. The molecule has 1 atom stereocenters. The monoisotopic (exact) mass is 652 g/mol. The molecule has 0 spiro atoms. The van der Waals surface area contributed by atoms with Gasteiger partial charge in [-0.15, -0.1) is 0 Å². The van der Waals surface area contributed by atoms with E-state index in [-0.39, 0.29) is 17.9 Å². The zero-order valence-electron chi connectivity index (χ0n) is 26.8. The molecule has 1 aliphatic rings.